The maximum Gasteiger partial charge on any atom is 0.178 e. The number of hydrogen-bond acceptors (Lipinski definition) is 4. The van der Waals surface area contributed by atoms with Crippen molar-refractivity contribution in [2.45, 2.75) is 285 Å². The zero-order valence-corrected chi connectivity index (χ0v) is 66.4. The highest BCUT2D eigenvalue weighted by Crippen LogP contribution is 2.42. The molecule has 0 N–H and O–H groups in total. The van der Waals surface area contributed by atoms with E-state index in [4.69, 9.17) is 31.8 Å². The van der Waals surface area contributed by atoms with E-state index in [0.717, 1.165) is 128 Å². The van der Waals surface area contributed by atoms with Gasteiger partial charge in [0.05, 0.1) is 48.7 Å². The molecular weight excluding hydrogens is 1310 g/mol. The second-order valence-electron chi connectivity index (χ2n) is 30.3. The lowest BCUT2D eigenvalue weighted by atomic mass is 9.90. The average Bonchev–Trinajstić information content (AvgIpc) is 0.740. The molecule has 0 fully saturated rings. The molecule has 0 aliphatic rings. The molecule has 0 radical (unpaired) electrons. The highest BCUT2D eigenvalue weighted by atomic mass is 16.5. The number of benzene rings is 10. The Kier molecular flexibility index (Phi) is 34.8. The second kappa shape index (κ2) is 46.3. The fourth-order valence-electron chi connectivity index (χ4n) is 15.7. The lowest BCUT2D eigenvalue weighted by Gasteiger charge is -2.17. The Labute approximate surface area is 651 Å². The molecule has 4 nitrogen and oxygen atoms in total. The van der Waals surface area contributed by atoms with Gasteiger partial charge in [-0.3, -0.25) is 0 Å². The number of unbranched alkanes of at least 4 members (excludes halogenated alkanes) is 36. The summed E-state index contributed by atoms with van der Waals surface area (Å²) in [5.74, 6) is 36.7. The molecule has 10 aromatic carbocycles. The lowest BCUT2D eigenvalue weighted by molar-refractivity contribution is 0.257. The SMILES string of the molecule is C#Cc1ccc2ccc3c(C#Cc4ccc(C#CC#Cc5ccc(C#Cc6ccc7ccc8c(C#C)ccc9ccc6c7c98)c(OCCCCCCCCCCCC)c5OCCCCCCCCCCCC)c(OCCCCCCCCCCCC)c4OCCCCCCCCCCCC)ccc4ccc1c2c43. The van der Waals surface area contributed by atoms with Gasteiger partial charge in [0.15, 0.2) is 23.0 Å². The van der Waals surface area contributed by atoms with Crippen LogP contribution in [0.15, 0.2) is 121 Å². The van der Waals surface area contributed by atoms with Crippen LogP contribution < -0.4 is 18.9 Å². The topological polar surface area (TPSA) is 36.9 Å². The smallest absolute Gasteiger partial charge is 0.178 e. The highest BCUT2D eigenvalue weighted by Gasteiger charge is 2.20. The normalized spacial score (nSPS) is 11.2. The van der Waals surface area contributed by atoms with Gasteiger partial charge >= 0.3 is 0 Å². The first-order chi connectivity index (χ1) is 53.5. The van der Waals surface area contributed by atoms with Gasteiger partial charge in [-0.05, 0) is 163 Å². The Balaban J connectivity index is 1.00. The molecule has 0 saturated carbocycles. The van der Waals surface area contributed by atoms with Crippen molar-refractivity contribution in [3.63, 3.8) is 0 Å². The first-order valence-corrected chi connectivity index (χ1v) is 42.7. The van der Waals surface area contributed by atoms with Crippen LogP contribution in [0.1, 0.15) is 329 Å². The third-order valence-corrected chi connectivity index (χ3v) is 22.0. The van der Waals surface area contributed by atoms with Crippen LogP contribution in [0.25, 0.3) is 64.6 Å². The minimum Gasteiger partial charge on any atom is -0.488 e. The molecule has 10 aromatic rings. The monoisotopic (exact) mass is 1430 g/mol. The Hall–Kier alpha value is -9.16. The van der Waals surface area contributed by atoms with Gasteiger partial charge in [-0.25, -0.2) is 0 Å². The molecule has 0 saturated heterocycles. The first-order valence-electron chi connectivity index (χ1n) is 42.7. The van der Waals surface area contributed by atoms with Gasteiger partial charge in [0.25, 0.3) is 0 Å². The largest absolute Gasteiger partial charge is 0.488 e. The summed E-state index contributed by atoms with van der Waals surface area (Å²) < 4.78 is 28.1. The summed E-state index contributed by atoms with van der Waals surface area (Å²) in [6.07, 6.45) is 61.7. The molecule has 0 heterocycles. The van der Waals surface area contributed by atoms with Crippen LogP contribution in [0.2, 0.25) is 0 Å². The van der Waals surface area contributed by atoms with Crippen molar-refractivity contribution in [2.24, 2.45) is 0 Å². The summed E-state index contributed by atoms with van der Waals surface area (Å²) in [4.78, 5) is 0. The molecule has 4 heteroatoms. The van der Waals surface area contributed by atoms with E-state index in [1.54, 1.807) is 0 Å². The summed E-state index contributed by atoms with van der Waals surface area (Å²) in [6.45, 7) is 11.3. The van der Waals surface area contributed by atoms with Crippen molar-refractivity contribution in [2.75, 3.05) is 26.4 Å². The molecule has 562 valence electrons. The Morgan fingerprint density at radius 1 is 0.204 bits per heavy atom. The zero-order valence-electron chi connectivity index (χ0n) is 66.4. The molecule has 0 atom stereocenters. The van der Waals surface area contributed by atoms with Gasteiger partial charge in [0, 0.05) is 22.3 Å². The van der Waals surface area contributed by atoms with Crippen molar-refractivity contribution in [3.8, 4) is 95.0 Å². The lowest BCUT2D eigenvalue weighted by Crippen LogP contribution is -2.06. The van der Waals surface area contributed by atoms with Crippen LogP contribution in [-0.2, 0) is 0 Å². The molecule has 0 aliphatic heterocycles. The maximum atomic E-state index is 7.02. The average molecular weight is 1440 g/mol. The summed E-state index contributed by atoms with van der Waals surface area (Å²) in [7, 11) is 0. The van der Waals surface area contributed by atoms with E-state index >= 15 is 0 Å². The fraction of sp³-hybridized carbons (Fsp3) is 0.462. The van der Waals surface area contributed by atoms with E-state index in [0.29, 0.717) is 49.4 Å². The molecule has 0 bridgehead atoms. The number of terminal acetylenes is 2. The number of hydrogen-bond donors (Lipinski definition) is 0. The zero-order chi connectivity index (χ0) is 75.0. The molecule has 10 rings (SSSR count). The van der Waals surface area contributed by atoms with Crippen LogP contribution in [0, 0.1) is 72.1 Å². The molecule has 0 aliphatic carbocycles. The van der Waals surface area contributed by atoms with Crippen LogP contribution in [0.5, 0.6) is 23.0 Å². The standard InChI is InChI=1S/C104H122O4/c1-7-13-17-21-25-29-33-37-41-47-77-105-101-89(65-67-91(103(101)107-79-49-43-39-35-31-27-23-19-15-9-3)63-57-83-55-61-87-69-73-93-81(11-5)53-59-85-71-75-95(83)99(87)97(85)93)51-45-46-52-90-66-68-92(64-58-84-56-62-88-70-74-94-82(12-6)54-60-86-72-76-96(84)100(88)98(86)94)104(108-80-50-44-40-36-32-28-24-20-16-10-4)102(90)106-78-48-42-38-34-30-26-22-18-14-8-2/h5-6,53-56,59-62,65-76H,7-10,13-44,47-50,77-80H2,1-4H3. The van der Waals surface area contributed by atoms with E-state index in [9.17, 15) is 0 Å². The van der Waals surface area contributed by atoms with Gasteiger partial charge < -0.3 is 18.9 Å². The van der Waals surface area contributed by atoms with Gasteiger partial charge in [-0.2, -0.15) is 0 Å². The van der Waals surface area contributed by atoms with Gasteiger partial charge in [-0.1, -0.05) is 367 Å². The number of rotatable bonds is 48. The molecule has 0 aromatic heterocycles. The van der Waals surface area contributed by atoms with Gasteiger partial charge in [0.1, 0.15) is 0 Å². The Bertz CT molecular complexity index is 4480. The van der Waals surface area contributed by atoms with Crippen LogP contribution >= 0.6 is 0 Å². The third kappa shape index (κ3) is 23.7. The van der Waals surface area contributed by atoms with Crippen molar-refractivity contribution in [1.29, 1.82) is 0 Å². The highest BCUT2D eigenvalue weighted by molar-refractivity contribution is 6.26. The fourth-order valence-corrected chi connectivity index (χ4v) is 15.7. The predicted molar refractivity (Wildman–Crippen MR) is 464 cm³/mol. The van der Waals surface area contributed by atoms with E-state index < -0.39 is 0 Å². The Morgan fingerprint density at radius 3 is 0.630 bits per heavy atom. The van der Waals surface area contributed by atoms with E-state index in [2.05, 4.69) is 208 Å². The van der Waals surface area contributed by atoms with Crippen molar-refractivity contribution in [1.82, 2.24) is 0 Å². The second-order valence-corrected chi connectivity index (χ2v) is 30.3. The molecular formula is C104H122O4. The summed E-state index contributed by atoms with van der Waals surface area (Å²) in [5, 5.41) is 13.8. The first kappa shape index (κ1) is 81.4. The minimum atomic E-state index is 0.540. The maximum absolute atomic E-state index is 7.02. The third-order valence-electron chi connectivity index (χ3n) is 22.0. The van der Waals surface area contributed by atoms with Gasteiger partial charge in [-0.15, -0.1) is 12.8 Å². The van der Waals surface area contributed by atoms with Crippen molar-refractivity contribution in [3.05, 3.63) is 166 Å². The molecule has 0 unspecified atom stereocenters. The minimum absolute atomic E-state index is 0.540. The van der Waals surface area contributed by atoms with Gasteiger partial charge in [0.2, 0.25) is 0 Å². The van der Waals surface area contributed by atoms with Crippen molar-refractivity contribution >= 4 is 64.6 Å². The molecule has 108 heavy (non-hydrogen) atoms. The van der Waals surface area contributed by atoms with E-state index in [1.165, 1.54) is 238 Å². The van der Waals surface area contributed by atoms with Crippen molar-refractivity contribution < 1.29 is 18.9 Å². The van der Waals surface area contributed by atoms with Crippen LogP contribution in [0.4, 0.5) is 0 Å². The quantitative estimate of drug-likeness (QED) is 0.0216. The number of ether oxygens (including phenoxy) is 4. The van der Waals surface area contributed by atoms with E-state index in [-0.39, 0.29) is 0 Å². The predicted octanol–water partition coefficient (Wildman–Crippen LogP) is 28.8. The van der Waals surface area contributed by atoms with Crippen LogP contribution in [0.3, 0.4) is 0 Å². The van der Waals surface area contributed by atoms with Crippen LogP contribution in [-0.4, -0.2) is 26.4 Å². The summed E-state index contributed by atoms with van der Waals surface area (Å²) in [6, 6.07) is 42.8. The summed E-state index contributed by atoms with van der Waals surface area (Å²) >= 11 is 0. The Morgan fingerprint density at radius 2 is 0.389 bits per heavy atom. The molecule has 0 spiro atoms. The summed E-state index contributed by atoms with van der Waals surface area (Å²) in [5.41, 5.74) is 6.66. The molecule has 0 amide bonds. The van der Waals surface area contributed by atoms with E-state index in [1.807, 2.05) is 0 Å².